The first kappa shape index (κ1) is 17.7. The normalized spacial score (nSPS) is 18.1. The molecule has 0 bridgehead atoms. The summed E-state index contributed by atoms with van der Waals surface area (Å²) >= 11 is 0. The molecule has 1 fully saturated rings. The number of rotatable bonds is 6. The predicted molar refractivity (Wildman–Crippen MR) is 82.7 cm³/mol. The number of methoxy groups -OCH3 is 2. The van der Waals surface area contributed by atoms with Gasteiger partial charge in [0.05, 0.1) is 7.11 Å². The van der Waals surface area contributed by atoms with Crippen molar-refractivity contribution < 1.29 is 23.0 Å². The average Bonchev–Trinajstić information content (AvgIpc) is 2.55. The molecule has 2 rings (SSSR count). The lowest BCUT2D eigenvalue weighted by molar-refractivity contribution is 0.0574. The van der Waals surface area contributed by atoms with Crippen LogP contribution >= 0.6 is 0 Å². The first-order chi connectivity index (χ1) is 11.1. The van der Waals surface area contributed by atoms with Gasteiger partial charge in [-0.05, 0) is 44.2 Å². The fourth-order valence-corrected chi connectivity index (χ4v) is 3.06. The molecule has 1 amide bonds. The van der Waals surface area contributed by atoms with E-state index < -0.39 is 23.1 Å². The van der Waals surface area contributed by atoms with Crippen molar-refractivity contribution in [2.24, 2.45) is 0 Å². The minimum Gasteiger partial charge on any atom is -0.494 e. The molecule has 128 valence electrons. The lowest BCUT2D eigenvalue weighted by atomic mass is 9.96. The smallest absolute Gasteiger partial charge is 0.260 e. The van der Waals surface area contributed by atoms with Gasteiger partial charge in [0.25, 0.3) is 5.91 Å². The van der Waals surface area contributed by atoms with Crippen LogP contribution in [0.3, 0.4) is 0 Å². The van der Waals surface area contributed by atoms with E-state index in [2.05, 4.69) is 0 Å². The zero-order valence-electron chi connectivity index (χ0n) is 13.6. The number of hydrogen-bond donors (Lipinski definition) is 0. The molecule has 0 radical (unpaired) electrons. The summed E-state index contributed by atoms with van der Waals surface area (Å²) in [4.78, 5) is 14.3. The van der Waals surface area contributed by atoms with Gasteiger partial charge in [-0.25, -0.2) is 8.78 Å². The largest absolute Gasteiger partial charge is 0.494 e. The van der Waals surface area contributed by atoms with Crippen molar-refractivity contribution >= 4 is 5.91 Å². The Bertz CT molecular complexity index is 551. The topological polar surface area (TPSA) is 38.8 Å². The van der Waals surface area contributed by atoms with Gasteiger partial charge >= 0.3 is 0 Å². The molecule has 1 heterocycles. The van der Waals surface area contributed by atoms with Crippen LogP contribution in [0.15, 0.2) is 12.1 Å². The highest BCUT2D eigenvalue weighted by Crippen LogP contribution is 2.28. The number of likely N-dealkylation sites (tertiary alicyclic amines) is 1. The molecule has 1 aliphatic heterocycles. The van der Waals surface area contributed by atoms with Gasteiger partial charge < -0.3 is 14.4 Å². The molecule has 1 aromatic rings. The van der Waals surface area contributed by atoms with Crippen LogP contribution in [0.5, 0.6) is 5.75 Å². The summed E-state index contributed by atoms with van der Waals surface area (Å²) in [7, 11) is 2.92. The summed E-state index contributed by atoms with van der Waals surface area (Å²) in [5.74, 6) is -2.50. The fourth-order valence-electron chi connectivity index (χ4n) is 3.06. The summed E-state index contributed by atoms with van der Waals surface area (Å²) < 4.78 is 38.3. The molecule has 1 aliphatic rings. The third-order valence-corrected chi connectivity index (χ3v) is 4.26. The molecule has 1 unspecified atom stereocenters. The Labute approximate surface area is 135 Å². The number of nitrogens with zero attached hydrogens (tertiary/aromatic N) is 1. The summed E-state index contributed by atoms with van der Waals surface area (Å²) in [5.41, 5.74) is -0.525. The molecule has 1 saturated heterocycles. The Balaban J connectivity index is 2.23. The SMILES string of the molecule is COCCCC1CCCCN1C(=O)c1c(F)ccc(OC)c1F. The van der Waals surface area contributed by atoms with Crippen LogP contribution in [-0.2, 0) is 4.74 Å². The number of hydrogen-bond acceptors (Lipinski definition) is 3. The molecule has 0 spiro atoms. The Hall–Kier alpha value is -1.69. The van der Waals surface area contributed by atoms with Crippen molar-refractivity contribution in [3.63, 3.8) is 0 Å². The summed E-state index contributed by atoms with van der Waals surface area (Å²) in [6.45, 7) is 1.13. The number of ether oxygens (including phenoxy) is 2. The van der Waals surface area contributed by atoms with Gasteiger partial charge in [-0.15, -0.1) is 0 Å². The number of halogens is 2. The van der Waals surface area contributed by atoms with Crippen molar-refractivity contribution in [2.75, 3.05) is 27.4 Å². The summed E-state index contributed by atoms with van der Waals surface area (Å²) in [6.07, 6.45) is 4.30. The molecule has 0 aliphatic carbocycles. The van der Waals surface area contributed by atoms with E-state index in [1.165, 1.54) is 13.2 Å². The third kappa shape index (κ3) is 3.99. The standard InChI is InChI=1S/C17H23F2NO3/c1-22-11-5-7-12-6-3-4-10-20(12)17(21)15-13(18)8-9-14(23-2)16(15)19/h8-9,12H,3-7,10-11H2,1-2H3. The second kappa shape index (κ2) is 8.24. The van der Waals surface area contributed by atoms with E-state index in [1.807, 2.05) is 0 Å². The molecule has 6 heteroatoms. The van der Waals surface area contributed by atoms with Gasteiger partial charge in [0.15, 0.2) is 11.6 Å². The Morgan fingerprint density at radius 2 is 2.09 bits per heavy atom. The van der Waals surface area contributed by atoms with Gasteiger partial charge in [-0.3, -0.25) is 4.79 Å². The zero-order valence-corrected chi connectivity index (χ0v) is 13.6. The van der Waals surface area contributed by atoms with Gasteiger partial charge in [0.1, 0.15) is 11.4 Å². The molecule has 23 heavy (non-hydrogen) atoms. The molecule has 0 saturated carbocycles. The second-order valence-electron chi connectivity index (χ2n) is 5.72. The highest BCUT2D eigenvalue weighted by molar-refractivity contribution is 5.95. The highest BCUT2D eigenvalue weighted by Gasteiger charge is 2.31. The maximum absolute atomic E-state index is 14.3. The summed E-state index contributed by atoms with van der Waals surface area (Å²) in [5, 5.41) is 0. The molecule has 1 aromatic carbocycles. The molecular weight excluding hydrogens is 304 g/mol. The number of piperidine rings is 1. The number of benzene rings is 1. The number of carbonyl (C=O) groups is 1. The number of carbonyl (C=O) groups excluding carboxylic acids is 1. The first-order valence-corrected chi connectivity index (χ1v) is 7.92. The minimum absolute atomic E-state index is 0.00333. The van der Waals surface area contributed by atoms with Crippen molar-refractivity contribution in [1.82, 2.24) is 4.90 Å². The number of amides is 1. The van der Waals surface area contributed by atoms with E-state index in [1.54, 1.807) is 12.0 Å². The first-order valence-electron chi connectivity index (χ1n) is 7.92. The second-order valence-corrected chi connectivity index (χ2v) is 5.72. The van der Waals surface area contributed by atoms with Crippen LogP contribution in [0.25, 0.3) is 0 Å². The fraction of sp³-hybridized carbons (Fsp3) is 0.588. The van der Waals surface area contributed by atoms with Crippen LogP contribution in [0, 0.1) is 11.6 Å². The monoisotopic (exact) mass is 327 g/mol. The highest BCUT2D eigenvalue weighted by atomic mass is 19.1. The molecule has 0 aromatic heterocycles. The third-order valence-electron chi connectivity index (χ3n) is 4.26. The van der Waals surface area contributed by atoms with Crippen molar-refractivity contribution in [3.05, 3.63) is 29.3 Å². The molecule has 1 atom stereocenters. The van der Waals surface area contributed by atoms with Gasteiger partial charge in [-0.2, -0.15) is 0 Å². The van der Waals surface area contributed by atoms with Crippen molar-refractivity contribution in [3.8, 4) is 5.75 Å². The van der Waals surface area contributed by atoms with Crippen LogP contribution < -0.4 is 4.74 Å². The van der Waals surface area contributed by atoms with Crippen LogP contribution in [-0.4, -0.2) is 44.2 Å². The van der Waals surface area contributed by atoms with E-state index in [-0.39, 0.29) is 11.8 Å². The van der Waals surface area contributed by atoms with Crippen LogP contribution in [0.2, 0.25) is 0 Å². The van der Waals surface area contributed by atoms with Crippen LogP contribution in [0.4, 0.5) is 8.78 Å². The Kier molecular flexibility index (Phi) is 6.33. The summed E-state index contributed by atoms with van der Waals surface area (Å²) in [6, 6.07) is 2.25. The maximum atomic E-state index is 14.3. The Morgan fingerprint density at radius 3 is 2.78 bits per heavy atom. The molecule has 4 nitrogen and oxygen atoms in total. The molecular formula is C17H23F2NO3. The lowest BCUT2D eigenvalue weighted by Crippen LogP contribution is -2.44. The van der Waals surface area contributed by atoms with E-state index in [0.29, 0.717) is 13.2 Å². The van der Waals surface area contributed by atoms with Crippen molar-refractivity contribution in [2.45, 2.75) is 38.1 Å². The predicted octanol–water partition coefficient (Wildman–Crippen LogP) is 3.39. The zero-order chi connectivity index (χ0) is 16.8. The van der Waals surface area contributed by atoms with Gasteiger partial charge in [0.2, 0.25) is 0 Å². The maximum Gasteiger partial charge on any atom is 0.260 e. The van der Waals surface area contributed by atoms with E-state index >= 15 is 0 Å². The van der Waals surface area contributed by atoms with E-state index in [9.17, 15) is 13.6 Å². The lowest BCUT2D eigenvalue weighted by Gasteiger charge is -2.36. The van der Waals surface area contributed by atoms with Crippen molar-refractivity contribution in [1.29, 1.82) is 0 Å². The molecule has 0 N–H and O–H groups in total. The van der Waals surface area contributed by atoms with Gasteiger partial charge in [0, 0.05) is 26.3 Å². The van der Waals surface area contributed by atoms with Crippen LogP contribution in [0.1, 0.15) is 42.5 Å². The van der Waals surface area contributed by atoms with Gasteiger partial charge in [-0.1, -0.05) is 0 Å². The average molecular weight is 327 g/mol. The quantitative estimate of drug-likeness (QED) is 0.752. The Morgan fingerprint density at radius 1 is 1.30 bits per heavy atom. The van der Waals surface area contributed by atoms with E-state index in [0.717, 1.165) is 38.2 Å². The van der Waals surface area contributed by atoms with E-state index in [4.69, 9.17) is 9.47 Å². The minimum atomic E-state index is -0.932.